The van der Waals surface area contributed by atoms with Gasteiger partial charge in [0.15, 0.2) is 17.5 Å². The summed E-state index contributed by atoms with van der Waals surface area (Å²) in [7, 11) is 45.2. The smallest absolute Gasteiger partial charge is 0.164 e. The van der Waals surface area contributed by atoms with E-state index in [0.29, 0.717) is 49.4 Å². The average Bonchev–Trinajstić information content (AvgIpc) is 3.45. The van der Waals surface area contributed by atoms with Crippen LogP contribution in [0.5, 0.6) is 0 Å². The quantitative estimate of drug-likeness (QED) is 0.266. The van der Waals surface area contributed by atoms with Gasteiger partial charge in [0.1, 0.15) is 54.9 Å². The Bertz CT molecular complexity index is 2170. The number of halogens is 1. The zero-order chi connectivity index (χ0) is 31.6. The van der Waals surface area contributed by atoms with Crippen LogP contribution >= 0.6 is 15.9 Å². The van der Waals surface area contributed by atoms with Gasteiger partial charge in [-0.25, -0.2) is 15.0 Å². The van der Waals surface area contributed by atoms with Crippen LogP contribution in [0.25, 0.3) is 61.7 Å². The number of rotatable bonds is 4. The van der Waals surface area contributed by atoms with Crippen molar-refractivity contribution in [2.24, 2.45) is 0 Å². The number of benzene rings is 5. The van der Waals surface area contributed by atoms with Crippen LogP contribution in [0.3, 0.4) is 0 Å². The fraction of sp³-hybridized carbons (Fsp3) is 0. The zero-order valence-corrected chi connectivity index (χ0v) is 25.4. The number of fused-ring (bicyclic) bond motifs is 3. The lowest BCUT2D eigenvalue weighted by Gasteiger charge is -2.17. The molecule has 7 aromatic rings. The fourth-order valence-electron chi connectivity index (χ4n) is 5.62. The van der Waals surface area contributed by atoms with Crippen molar-refractivity contribution in [1.82, 2.24) is 19.5 Å². The minimum atomic E-state index is 0.158. The number of hydrogen-bond acceptors (Lipinski definition) is 3. The molecule has 2 aromatic heterocycles. The molecule has 12 heteroatoms. The van der Waals surface area contributed by atoms with Crippen LogP contribution in [0, 0.1) is 0 Å². The van der Waals surface area contributed by atoms with E-state index in [1.54, 1.807) is 0 Å². The minimum absolute atomic E-state index is 0.158. The summed E-state index contributed by atoms with van der Waals surface area (Å²) >= 11 is 3.65. The summed E-state index contributed by atoms with van der Waals surface area (Å²) in [6.45, 7) is 0. The Morgan fingerprint density at radius 2 is 0.889 bits per heavy atom. The Labute approximate surface area is 278 Å². The number of nitrogens with zero attached hydrogens (tertiary/aromatic N) is 4. The van der Waals surface area contributed by atoms with Gasteiger partial charge in [-0.2, -0.15) is 0 Å². The largest absolute Gasteiger partial charge is 0.309 e. The average molecular weight is 622 g/mol. The SMILES string of the molecule is [B]c1c([B])c([B])c2c(c1[B])c1c([B])c([B])c([B])c(Br)c1n2-c1cccc(-c2nc(-c3ccccc3)nc(-c3ccccc3)n2)c1. The summed E-state index contributed by atoms with van der Waals surface area (Å²) in [4.78, 5) is 14.6. The molecule has 0 aliphatic rings. The third-order valence-corrected chi connectivity index (χ3v) is 8.72. The molecule has 7 rings (SSSR count). The van der Waals surface area contributed by atoms with Gasteiger partial charge in [-0.1, -0.05) is 94.6 Å². The van der Waals surface area contributed by atoms with E-state index < -0.39 is 0 Å². The maximum absolute atomic E-state index is 6.65. The fourth-order valence-corrected chi connectivity index (χ4v) is 6.21. The monoisotopic (exact) mass is 622 g/mol. The van der Waals surface area contributed by atoms with Crippen LogP contribution in [-0.2, 0) is 0 Å². The van der Waals surface area contributed by atoms with Crippen molar-refractivity contribution in [2.75, 3.05) is 0 Å². The van der Waals surface area contributed by atoms with Crippen molar-refractivity contribution in [1.29, 1.82) is 0 Å². The van der Waals surface area contributed by atoms with E-state index in [4.69, 9.17) is 69.9 Å². The first-order valence-electron chi connectivity index (χ1n) is 13.9. The van der Waals surface area contributed by atoms with E-state index in [-0.39, 0.29) is 38.2 Å². The van der Waals surface area contributed by atoms with Crippen LogP contribution in [0.2, 0.25) is 0 Å². The van der Waals surface area contributed by atoms with Crippen LogP contribution in [0.15, 0.2) is 89.4 Å². The molecule has 0 fully saturated rings. The molecule has 0 N–H and O–H groups in total. The Morgan fingerprint density at radius 3 is 1.44 bits per heavy atom. The highest BCUT2D eigenvalue weighted by Crippen LogP contribution is 2.33. The van der Waals surface area contributed by atoms with Crippen molar-refractivity contribution >= 4 is 131 Å². The molecule has 0 atom stereocenters. The Hall–Kier alpha value is -4.16. The summed E-state index contributed by atoms with van der Waals surface area (Å²) in [5, 5.41) is 1.06. The van der Waals surface area contributed by atoms with Crippen LogP contribution in [0.4, 0.5) is 0 Å². The van der Waals surface area contributed by atoms with E-state index in [2.05, 4.69) is 15.9 Å². The minimum Gasteiger partial charge on any atom is -0.309 e. The van der Waals surface area contributed by atoms with Crippen molar-refractivity contribution < 1.29 is 0 Å². The van der Waals surface area contributed by atoms with Crippen molar-refractivity contribution in [2.45, 2.75) is 0 Å². The predicted molar refractivity (Wildman–Crippen MR) is 196 cm³/mol. The normalized spacial score (nSPS) is 11.4. The van der Waals surface area contributed by atoms with Gasteiger partial charge in [0.05, 0.1) is 5.52 Å². The molecule has 0 aliphatic carbocycles. The van der Waals surface area contributed by atoms with Crippen molar-refractivity contribution in [3.63, 3.8) is 0 Å². The van der Waals surface area contributed by atoms with Gasteiger partial charge in [0, 0.05) is 37.8 Å². The van der Waals surface area contributed by atoms with Crippen LogP contribution in [-0.4, -0.2) is 74.4 Å². The highest BCUT2D eigenvalue weighted by Gasteiger charge is 2.23. The van der Waals surface area contributed by atoms with Gasteiger partial charge in [-0.05, 0) is 33.4 Å². The summed E-state index contributed by atoms with van der Waals surface area (Å²) < 4.78 is 2.41. The molecule has 45 heavy (non-hydrogen) atoms. The summed E-state index contributed by atoms with van der Waals surface area (Å²) in [5.74, 6) is 1.56. The Kier molecular flexibility index (Phi) is 7.44. The van der Waals surface area contributed by atoms with E-state index in [1.165, 1.54) is 0 Å². The topological polar surface area (TPSA) is 43.6 Å². The summed E-state index contributed by atoms with van der Waals surface area (Å²) in [6.07, 6.45) is 0. The van der Waals surface area contributed by atoms with Gasteiger partial charge < -0.3 is 4.57 Å². The second kappa shape index (κ2) is 11.3. The van der Waals surface area contributed by atoms with Gasteiger partial charge >= 0.3 is 0 Å². The second-order valence-corrected chi connectivity index (χ2v) is 11.4. The maximum atomic E-state index is 6.65. The van der Waals surface area contributed by atoms with E-state index in [1.807, 2.05) is 89.5 Å². The highest BCUT2D eigenvalue weighted by molar-refractivity contribution is 9.10. The van der Waals surface area contributed by atoms with Gasteiger partial charge in [0.2, 0.25) is 0 Å². The van der Waals surface area contributed by atoms with Gasteiger partial charge in [-0.15, -0.1) is 16.4 Å². The molecule has 0 aliphatic heterocycles. The molecule has 2 heterocycles. The first-order chi connectivity index (χ1) is 21.7. The Morgan fingerprint density at radius 1 is 0.444 bits per heavy atom. The molecule has 194 valence electrons. The highest BCUT2D eigenvalue weighted by atomic mass is 79.9. The summed E-state index contributed by atoms with van der Waals surface area (Å²) in [5.41, 5.74) is 5.76. The molecule has 0 unspecified atom stereocenters. The second-order valence-electron chi connectivity index (χ2n) is 10.6. The molecule has 0 saturated carbocycles. The first-order valence-corrected chi connectivity index (χ1v) is 14.7. The first kappa shape index (κ1) is 29.5. The van der Waals surface area contributed by atoms with E-state index in [0.717, 1.165) is 16.7 Å². The van der Waals surface area contributed by atoms with Crippen molar-refractivity contribution in [3.8, 4) is 39.9 Å². The molecule has 0 bridgehead atoms. The van der Waals surface area contributed by atoms with Crippen LogP contribution in [0.1, 0.15) is 0 Å². The lowest BCUT2D eigenvalue weighted by Crippen LogP contribution is -2.48. The third-order valence-electron chi connectivity index (χ3n) is 7.92. The van der Waals surface area contributed by atoms with E-state index >= 15 is 0 Å². The zero-order valence-electron chi connectivity index (χ0n) is 23.8. The Balaban J connectivity index is 1.54. The molecular weight excluding hydrogens is 608 g/mol. The third kappa shape index (κ3) is 4.73. The molecule has 0 saturated heterocycles. The number of aromatic nitrogens is 4. The molecule has 0 amide bonds. The van der Waals surface area contributed by atoms with Crippen LogP contribution < -0.4 is 38.2 Å². The maximum Gasteiger partial charge on any atom is 0.164 e. The molecule has 14 radical (unpaired) electrons. The van der Waals surface area contributed by atoms with Crippen molar-refractivity contribution in [3.05, 3.63) is 89.4 Å². The lowest BCUT2D eigenvalue weighted by atomic mass is 9.64. The van der Waals surface area contributed by atoms with Gasteiger partial charge in [0.25, 0.3) is 0 Å². The predicted octanol–water partition coefficient (Wildman–Crippen LogP) is 0.289. The standard InChI is InChI=1S/C33H14B7BrN4/c34-21-19-20-22(35)24(37)26(39)28(41)30(20)45(29(19)27(40)25(38)23(21)36)18-13-7-12-17(14-18)33-43-31(15-8-3-1-4-9-15)42-32(44-33)16-10-5-2-6-11-16/h1-14H. The van der Waals surface area contributed by atoms with E-state index in [9.17, 15) is 0 Å². The molecule has 4 nitrogen and oxygen atoms in total. The lowest BCUT2D eigenvalue weighted by molar-refractivity contribution is 1.07. The summed E-state index contributed by atoms with van der Waals surface area (Å²) in [6, 6.07) is 27.2. The molecule has 5 aromatic carbocycles. The van der Waals surface area contributed by atoms with Gasteiger partial charge in [-0.3, -0.25) is 0 Å². The molecule has 0 spiro atoms. The molecular formula is C33H14B7BrN4. The number of hydrogen-bond donors (Lipinski definition) is 0.